The maximum absolute atomic E-state index is 12.1. The summed E-state index contributed by atoms with van der Waals surface area (Å²) in [6.45, 7) is 6.56. The standard InChI is InChI=1S/C15H20ClN3O2/c1-4-7-17-13-6-5-11(16)12(18-13)8-19-14(20)9(2)10(3)15(19)21/h5-6,9-10H,4,7-8H2,1-3H3,(H,17,18). The number of likely N-dealkylation sites (tertiary alicyclic amines) is 1. The van der Waals surface area contributed by atoms with E-state index in [2.05, 4.69) is 17.2 Å². The average molecular weight is 310 g/mol. The number of amides is 2. The van der Waals surface area contributed by atoms with Gasteiger partial charge in [-0.3, -0.25) is 14.5 Å². The van der Waals surface area contributed by atoms with E-state index in [1.54, 1.807) is 26.0 Å². The molecule has 2 heterocycles. The number of imide groups is 1. The Bertz CT molecular complexity index is 542. The summed E-state index contributed by atoms with van der Waals surface area (Å²) in [7, 11) is 0. The highest BCUT2D eigenvalue weighted by molar-refractivity contribution is 6.31. The molecule has 6 heteroatoms. The van der Waals surface area contributed by atoms with Gasteiger partial charge in [0.25, 0.3) is 0 Å². The van der Waals surface area contributed by atoms with E-state index in [1.165, 1.54) is 4.90 Å². The van der Waals surface area contributed by atoms with Gasteiger partial charge in [-0.2, -0.15) is 0 Å². The molecule has 0 spiro atoms. The highest BCUT2D eigenvalue weighted by Crippen LogP contribution is 2.28. The predicted octanol–water partition coefficient (Wildman–Crippen LogP) is 2.70. The molecule has 2 rings (SSSR count). The number of aromatic nitrogens is 1. The van der Waals surface area contributed by atoms with Crippen LogP contribution in [-0.4, -0.2) is 28.2 Å². The molecule has 1 N–H and O–H groups in total. The zero-order chi connectivity index (χ0) is 15.6. The lowest BCUT2D eigenvalue weighted by molar-refractivity contribution is -0.140. The molecule has 1 aromatic rings. The number of hydrogen-bond donors (Lipinski definition) is 1. The summed E-state index contributed by atoms with van der Waals surface area (Å²) in [5.41, 5.74) is 0.542. The third-order valence-electron chi connectivity index (χ3n) is 3.84. The number of nitrogens with one attached hydrogen (secondary N) is 1. The van der Waals surface area contributed by atoms with Crippen molar-refractivity contribution in [2.75, 3.05) is 11.9 Å². The first kappa shape index (κ1) is 15.8. The first-order valence-electron chi connectivity index (χ1n) is 7.20. The van der Waals surface area contributed by atoms with Crippen LogP contribution < -0.4 is 5.32 Å². The minimum atomic E-state index is -0.280. The monoisotopic (exact) mass is 309 g/mol. The molecule has 0 saturated carbocycles. The second-order valence-corrected chi connectivity index (χ2v) is 5.80. The summed E-state index contributed by atoms with van der Waals surface area (Å²) in [4.78, 5) is 29.9. The van der Waals surface area contributed by atoms with Crippen LogP contribution in [0.1, 0.15) is 32.9 Å². The fraction of sp³-hybridized carbons (Fsp3) is 0.533. The lowest BCUT2D eigenvalue weighted by atomic mass is 10.00. The molecule has 114 valence electrons. The lowest BCUT2D eigenvalue weighted by Crippen LogP contribution is -2.30. The van der Waals surface area contributed by atoms with Gasteiger partial charge in [0.15, 0.2) is 0 Å². The minimum absolute atomic E-state index is 0.132. The Morgan fingerprint density at radius 1 is 1.24 bits per heavy atom. The molecule has 0 radical (unpaired) electrons. The van der Waals surface area contributed by atoms with Crippen LogP contribution in [-0.2, 0) is 16.1 Å². The summed E-state index contributed by atoms with van der Waals surface area (Å²) >= 11 is 6.14. The molecule has 2 atom stereocenters. The maximum atomic E-state index is 12.1. The van der Waals surface area contributed by atoms with E-state index >= 15 is 0 Å². The van der Waals surface area contributed by atoms with Crippen LogP contribution in [0.15, 0.2) is 12.1 Å². The molecule has 1 aliphatic heterocycles. The number of halogens is 1. The van der Waals surface area contributed by atoms with Crippen molar-refractivity contribution in [1.82, 2.24) is 9.88 Å². The first-order valence-corrected chi connectivity index (χ1v) is 7.58. The van der Waals surface area contributed by atoms with Crippen LogP contribution >= 0.6 is 11.6 Å². The molecule has 1 fully saturated rings. The Kier molecular flexibility index (Phi) is 4.83. The lowest BCUT2D eigenvalue weighted by Gasteiger charge is -2.16. The quantitative estimate of drug-likeness (QED) is 0.850. The highest BCUT2D eigenvalue weighted by Gasteiger charge is 2.42. The van der Waals surface area contributed by atoms with Crippen molar-refractivity contribution in [3.63, 3.8) is 0 Å². The molecule has 0 aromatic carbocycles. The minimum Gasteiger partial charge on any atom is -0.370 e. The number of rotatable bonds is 5. The van der Waals surface area contributed by atoms with E-state index in [4.69, 9.17) is 11.6 Å². The molecular formula is C15H20ClN3O2. The van der Waals surface area contributed by atoms with E-state index in [0.29, 0.717) is 16.5 Å². The van der Waals surface area contributed by atoms with E-state index in [-0.39, 0.29) is 30.2 Å². The summed E-state index contributed by atoms with van der Waals surface area (Å²) in [5, 5.41) is 3.63. The van der Waals surface area contributed by atoms with Gasteiger partial charge in [0.2, 0.25) is 11.8 Å². The third-order valence-corrected chi connectivity index (χ3v) is 4.19. The Morgan fingerprint density at radius 2 is 1.86 bits per heavy atom. The summed E-state index contributed by atoms with van der Waals surface area (Å²) < 4.78 is 0. The molecule has 0 bridgehead atoms. The van der Waals surface area contributed by atoms with Gasteiger partial charge >= 0.3 is 0 Å². The van der Waals surface area contributed by atoms with Crippen molar-refractivity contribution in [1.29, 1.82) is 0 Å². The van der Waals surface area contributed by atoms with Crippen molar-refractivity contribution in [2.45, 2.75) is 33.7 Å². The maximum Gasteiger partial charge on any atom is 0.233 e. The topological polar surface area (TPSA) is 62.3 Å². The van der Waals surface area contributed by atoms with Gasteiger partial charge in [0.05, 0.1) is 17.3 Å². The molecule has 1 aromatic heterocycles. The number of anilines is 1. The fourth-order valence-corrected chi connectivity index (χ4v) is 2.45. The molecule has 2 unspecified atom stereocenters. The van der Waals surface area contributed by atoms with Crippen LogP contribution in [0.5, 0.6) is 0 Å². The molecular weight excluding hydrogens is 290 g/mol. The molecule has 21 heavy (non-hydrogen) atoms. The molecule has 2 amide bonds. The van der Waals surface area contributed by atoms with Gasteiger partial charge < -0.3 is 5.32 Å². The number of hydrogen-bond acceptors (Lipinski definition) is 4. The van der Waals surface area contributed by atoms with Crippen molar-refractivity contribution in [3.05, 3.63) is 22.8 Å². The molecule has 5 nitrogen and oxygen atoms in total. The van der Waals surface area contributed by atoms with Gasteiger partial charge in [-0.15, -0.1) is 0 Å². The zero-order valence-corrected chi connectivity index (χ0v) is 13.3. The van der Waals surface area contributed by atoms with Crippen LogP contribution in [0, 0.1) is 11.8 Å². The Morgan fingerprint density at radius 3 is 2.43 bits per heavy atom. The number of carbonyl (C=O) groups is 2. The normalized spacial score (nSPS) is 22.0. The van der Waals surface area contributed by atoms with Gasteiger partial charge in [-0.05, 0) is 18.6 Å². The highest BCUT2D eigenvalue weighted by atomic mass is 35.5. The second-order valence-electron chi connectivity index (χ2n) is 5.39. The van der Waals surface area contributed by atoms with Crippen molar-refractivity contribution >= 4 is 29.2 Å². The largest absolute Gasteiger partial charge is 0.370 e. The Labute approximate surface area is 129 Å². The summed E-state index contributed by atoms with van der Waals surface area (Å²) in [6.07, 6.45) is 0.984. The van der Waals surface area contributed by atoms with Gasteiger partial charge in [0.1, 0.15) is 5.82 Å². The van der Waals surface area contributed by atoms with E-state index in [1.807, 2.05) is 0 Å². The van der Waals surface area contributed by atoms with Crippen molar-refractivity contribution < 1.29 is 9.59 Å². The van der Waals surface area contributed by atoms with E-state index in [0.717, 1.165) is 13.0 Å². The Hall–Kier alpha value is -1.62. The van der Waals surface area contributed by atoms with E-state index in [9.17, 15) is 9.59 Å². The van der Waals surface area contributed by atoms with Gasteiger partial charge in [0, 0.05) is 18.4 Å². The van der Waals surface area contributed by atoms with Crippen LogP contribution in [0.4, 0.5) is 5.82 Å². The van der Waals surface area contributed by atoms with Crippen LogP contribution in [0.3, 0.4) is 0 Å². The van der Waals surface area contributed by atoms with Gasteiger partial charge in [-0.25, -0.2) is 4.98 Å². The SMILES string of the molecule is CCCNc1ccc(Cl)c(CN2C(=O)C(C)C(C)C2=O)n1. The Balaban J connectivity index is 2.19. The van der Waals surface area contributed by atoms with Gasteiger partial charge in [-0.1, -0.05) is 32.4 Å². The number of nitrogens with zero attached hydrogens (tertiary/aromatic N) is 2. The fourth-order valence-electron chi connectivity index (χ4n) is 2.28. The van der Waals surface area contributed by atoms with Crippen molar-refractivity contribution in [3.8, 4) is 0 Å². The smallest absolute Gasteiger partial charge is 0.233 e. The average Bonchev–Trinajstić information content (AvgIpc) is 2.65. The second kappa shape index (κ2) is 6.43. The number of carbonyl (C=O) groups excluding carboxylic acids is 2. The first-order chi connectivity index (χ1) is 9.95. The predicted molar refractivity (Wildman–Crippen MR) is 81.9 cm³/mol. The number of pyridine rings is 1. The van der Waals surface area contributed by atoms with Crippen LogP contribution in [0.2, 0.25) is 5.02 Å². The molecule has 1 aliphatic rings. The molecule has 1 saturated heterocycles. The third kappa shape index (κ3) is 3.18. The molecule has 0 aliphatic carbocycles. The van der Waals surface area contributed by atoms with E-state index < -0.39 is 0 Å². The zero-order valence-electron chi connectivity index (χ0n) is 12.5. The summed E-state index contributed by atoms with van der Waals surface area (Å²) in [5.74, 6) is -0.165. The summed E-state index contributed by atoms with van der Waals surface area (Å²) in [6, 6.07) is 3.53. The van der Waals surface area contributed by atoms with Crippen molar-refractivity contribution in [2.24, 2.45) is 11.8 Å². The van der Waals surface area contributed by atoms with Crippen LogP contribution in [0.25, 0.3) is 0 Å².